The zero-order valence-corrected chi connectivity index (χ0v) is 11.0. The van der Waals surface area contributed by atoms with E-state index in [0.29, 0.717) is 5.41 Å². The van der Waals surface area contributed by atoms with E-state index in [0.717, 1.165) is 28.8 Å². The number of pyridine rings is 1. The van der Waals surface area contributed by atoms with Crippen LogP contribution in [0.2, 0.25) is 0 Å². The van der Waals surface area contributed by atoms with Crippen LogP contribution in [0.3, 0.4) is 0 Å². The van der Waals surface area contributed by atoms with Gasteiger partial charge in [-0.05, 0) is 59.2 Å². The van der Waals surface area contributed by atoms with E-state index in [2.05, 4.69) is 32.3 Å². The molecule has 0 amide bonds. The van der Waals surface area contributed by atoms with E-state index in [4.69, 9.17) is 5.11 Å². The summed E-state index contributed by atoms with van der Waals surface area (Å²) in [5.74, 6) is 0.951. The number of aliphatic hydroxyl groups is 1. The van der Waals surface area contributed by atoms with Crippen molar-refractivity contribution in [3.8, 4) is 0 Å². The second-order valence-electron chi connectivity index (χ2n) is 4.65. The summed E-state index contributed by atoms with van der Waals surface area (Å²) in [5, 5.41) is 12.4. The van der Waals surface area contributed by atoms with Crippen molar-refractivity contribution in [1.82, 2.24) is 4.98 Å². The van der Waals surface area contributed by atoms with Gasteiger partial charge in [-0.3, -0.25) is 0 Å². The monoisotopic (exact) mass is 284 g/mol. The predicted molar refractivity (Wildman–Crippen MR) is 68.5 cm³/mol. The van der Waals surface area contributed by atoms with Crippen LogP contribution < -0.4 is 5.32 Å². The lowest BCUT2D eigenvalue weighted by Crippen LogP contribution is -2.17. The van der Waals surface area contributed by atoms with Crippen LogP contribution in [-0.4, -0.2) is 23.2 Å². The number of nitrogens with one attached hydrogen (secondary N) is 1. The Morgan fingerprint density at radius 1 is 1.56 bits per heavy atom. The lowest BCUT2D eigenvalue weighted by atomic mass is 10.0. The van der Waals surface area contributed by atoms with E-state index >= 15 is 0 Å². The van der Waals surface area contributed by atoms with Crippen molar-refractivity contribution in [2.75, 3.05) is 18.5 Å². The minimum Gasteiger partial charge on any atom is -0.396 e. The molecule has 0 aliphatic heterocycles. The van der Waals surface area contributed by atoms with Gasteiger partial charge in [0.15, 0.2) is 0 Å². The summed E-state index contributed by atoms with van der Waals surface area (Å²) in [6.45, 7) is 3.25. The Bertz CT molecular complexity index is 377. The van der Waals surface area contributed by atoms with Gasteiger partial charge in [0, 0.05) is 23.8 Å². The molecule has 2 N–H and O–H groups in total. The molecule has 0 bridgehead atoms. The molecule has 1 aromatic heterocycles. The molecule has 2 rings (SSSR count). The van der Waals surface area contributed by atoms with Crippen LogP contribution in [0.15, 0.2) is 16.7 Å². The van der Waals surface area contributed by atoms with Gasteiger partial charge in [-0.2, -0.15) is 0 Å². The third-order valence-corrected chi connectivity index (χ3v) is 3.71. The number of rotatable bonds is 5. The molecule has 16 heavy (non-hydrogen) atoms. The van der Waals surface area contributed by atoms with E-state index in [1.807, 2.05) is 6.92 Å². The summed E-state index contributed by atoms with van der Waals surface area (Å²) in [6, 6.07) is 2.06. The predicted octanol–water partition coefficient (Wildman–Crippen LogP) is 2.73. The van der Waals surface area contributed by atoms with Crippen LogP contribution in [0.25, 0.3) is 0 Å². The molecule has 1 aliphatic carbocycles. The van der Waals surface area contributed by atoms with Gasteiger partial charge < -0.3 is 10.4 Å². The van der Waals surface area contributed by atoms with Gasteiger partial charge in [-0.25, -0.2) is 4.98 Å². The summed E-state index contributed by atoms with van der Waals surface area (Å²) in [5.41, 5.74) is 1.48. The summed E-state index contributed by atoms with van der Waals surface area (Å²) >= 11 is 3.40. The highest BCUT2D eigenvalue weighted by molar-refractivity contribution is 9.10. The Kier molecular flexibility index (Phi) is 3.50. The third-order valence-electron chi connectivity index (χ3n) is 3.27. The molecule has 0 aromatic carbocycles. The lowest BCUT2D eigenvalue weighted by molar-refractivity contribution is 0.253. The average molecular weight is 285 g/mol. The minimum atomic E-state index is 0.286. The van der Waals surface area contributed by atoms with Gasteiger partial charge >= 0.3 is 0 Å². The molecule has 0 unspecified atom stereocenters. The molecule has 1 aliphatic rings. The number of aromatic nitrogens is 1. The van der Waals surface area contributed by atoms with Gasteiger partial charge in [0.05, 0.1) is 0 Å². The molecule has 1 aromatic rings. The average Bonchev–Trinajstić information content (AvgIpc) is 2.98. The van der Waals surface area contributed by atoms with Crippen molar-refractivity contribution in [3.63, 3.8) is 0 Å². The maximum atomic E-state index is 8.98. The maximum Gasteiger partial charge on any atom is 0.128 e. The summed E-state index contributed by atoms with van der Waals surface area (Å²) in [4.78, 5) is 4.35. The molecular weight excluding hydrogens is 268 g/mol. The van der Waals surface area contributed by atoms with Crippen molar-refractivity contribution < 1.29 is 5.11 Å². The van der Waals surface area contributed by atoms with Crippen molar-refractivity contribution in [2.24, 2.45) is 5.41 Å². The van der Waals surface area contributed by atoms with E-state index in [-0.39, 0.29) is 6.61 Å². The summed E-state index contributed by atoms with van der Waals surface area (Å²) < 4.78 is 1.01. The zero-order chi connectivity index (χ0) is 11.6. The highest BCUT2D eigenvalue weighted by Crippen LogP contribution is 2.48. The summed E-state index contributed by atoms with van der Waals surface area (Å²) in [6.07, 6.45) is 5.14. The number of halogens is 1. The summed E-state index contributed by atoms with van der Waals surface area (Å²) in [7, 11) is 0. The SMILES string of the molecule is Cc1cc(Br)cnc1NCC1(CCO)CC1. The van der Waals surface area contributed by atoms with Crippen LogP contribution >= 0.6 is 15.9 Å². The van der Waals surface area contributed by atoms with Crippen molar-refractivity contribution >= 4 is 21.7 Å². The van der Waals surface area contributed by atoms with Gasteiger partial charge in [0.2, 0.25) is 0 Å². The second kappa shape index (κ2) is 4.72. The number of anilines is 1. The first-order valence-electron chi connectivity index (χ1n) is 5.62. The number of aryl methyl sites for hydroxylation is 1. The minimum absolute atomic E-state index is 0.286. The first kappa shape index (κ1) is 11.9. The van der Waals surface area contributed by atoms with Crippen LogP contribution in [0.5, 0.6) is 0 Å². The zero-order valence-electron chi connectivity index (χ0n) is 9.46. The standard InChI is InChI=1S/C12H17BrN2O/c1-9-6-10(13)7-14-11(9)15-8-12(2-3-12)4-5-16/h6-7,16H,2-5,8H2,1H3,(H,14,15). The number of hydrogen-bond acceptors (Lipinski definition) is 3. The Morgan fingerprint density at radius 3 is 2.88 bits per heavy atom. The molecule has 1 saturated carbocycles. The molecule has 88 valence electrons. The fourth-order valence-corrected chi connectivity index (χ4v) is 2.37. The van der Waals surface area contributed by atoms with Crippen molar-refractivity contribution in [2.45, 2.75) is 26.2 Å². The molecule has 0 spiro atoms. The third kappa shape index (κ3) is 2.74. The molecule has 0 atom stereocenters. The van der Waals surface area contributed by atoms with Gasteiger partial charge in [-0.15, -0.1) is 0 Å². The van der Waals surface area contributed by atoms with E-state index in [1.165, 1.54) is 12.8 Å². The van der Waals surface area contributed by atoms with Crippen LogP contribution in [0.1, 0.15) is 24.8 Å². The Hall–Kier alpha value is -0.610. The number of nitrogens with zero attached hydrogens (tertiary/aromatic N) is 1. The molecule has 0 radical (unpaired) electrons. The molecule has 0 saturated heterocycles. The maximum absolute atomic E-state index is 8.98. The number of aliphatic hydroxyl groups excluding tert-OH is 1. The highest BCUT2D eigenvalue weighted by Gasteiger charge is 2.41. The van der Waals surface area contributed by atoms with E-state index in [9.17, 15) is 0 Å². The van der Waals surface area contributed by atoms with Crippen molar-refractivity contribution in [3.05, 3.63) is 22.3 Å². The molecule has 3 nitrogen and oxygen atoms in total. The highest BCUT2D eigenvalue weighted by atomic mass is 79.9. The van der Waals surface area contributed by atoms with E-state index in [1.54, 1.807) is 6.20 Å². The van der Waals surface area contributed by atoms with Crippen molar-refractivity contribution in [1.29, 1.82) is 0 Å². The van der Waals surface area contributed by atoms with Gasteiger partial charge in [0.25, 0.3) is 0 Å². The largest absolute Gasteiger partial charge is 0.396 e. The fraction of sp³-hybridized carbons (Fsp3) is 0.583. The molecular formula is C12H17BrN2O. The lowest BCUT2D eigenvalue weighted by Gasteiger charge is -2.16. The van der Waals surface area contributed by atoms with Crippen LogP contribution in [0.4, 0.5) is 5.82 Å². The van der Waals surface area contributed by atoms with Crippen LogP contribution in [-0.2, 0) is 0 Å². The Balaban J connectivity index is 1.94. The molecule has 1 fully saturated rings. The quantitative estimate of drug-likeness (QED) is 0.874. The Labute approximate surface area is 104 Å². The fourth-order valence-electron chi connectivity index (χ4n) is 1.93. The van der Waals surface area contributed by atoms with Gasteiger partial charge in [0.1, 0.15) is 5.82 Å². The molecule has 4 heteroatoms. The molecule has 1 heterocycles. The first-order valence-corrected chi connectivity index (χ1v) is 6.41. The second-order valence-corrected chi connectivity index (χ2v) is 5.56. The van der Waals surface area contributed by atoms with Crippen LogP contribution in [0, 0.1) is 12.3 Å². The number of hydrogen-bond donors (Lipinski definition) is 2. The Morgan fingerprint density at radius 2 is 2.31 bits per heavy atom. The van der Waals surface area contributed by atoms with Gasteiger partial charge in [-0.1, -0.05) is 0 Å². The normalized spacial score (nSPS) is 17.2. The first-order chi connectivity index (χ1) is 7.65. The van der Waals surface area contributed by atoms with E-state index < -0.39 is 0 Å². The topological polar surface area (TPSA) is 45.2 Å². The smallest absolute Gasteiger partial charge is 0.128 e.